The van der Waals surface area contributed by atoms with Crippen molar-refractivity contribution in [3.05, 3.63) is 41.7 Å². The van der Waals surface area contributed by atoms with E-state index in [1.165, 1.54) is 0 Å². The van der Waals surface area contributed by atoms with Gasteiger partial charge in [0, 0.05) is 18.2 Å². The zero-order valence-corrected chi connectivity index (χ0v) is 10.2. The number of aliphatic imine (C=N–C) groups is 2. The number of nitrogens with zero attached hydrogens (tertiary/aromatic N) is 3. The Morgan fingerprint density at radius 1 is 1.30 bits per heavy atom. The zero-order chi connectivity index (χ0) is 14.3. The molecule has 0 unspecified atom stereocenters. The molecule has 0 fully saturated rings. The van der Waals surface area contributed by atoms with Crippen molar-refractivity contribution in [1.29, 1.82) is 0 Å². The number of fused-ring (bicyclic) bond motifs is 3. The Morgan fingerprint density at radius 2 is 2.05 bits per heavy atom. The maximum atomic E-state index is 12.4. The van der Waals surface area contributed by atoms with Crippen LogP contribution in [0.25, 0.3) is 0 Å². The monoisotopic (exact) mass is 281 g/mol. The van der Waals surface area contributed by atoms with Crippen LogP contribution in [0.5, 0.6) is 0 Å². The van der Waals surface area contributed by atoms with Gasteiger partial charge in [-0.1, -0.05) is 12.1 Å². The van der Waals surface area contributed by atoms with Gasteiger partial charge in [-0.15, -0.1) is 0 Å². The van der Waals surface area contributed by atoms with Crippen molar-refractivity contribution in [2.75, 3.05) is 13.1 Å². The highest BCUT2D eigenvalue weighted by Gasteiger charge is 2.36. The lowest BCUT2D eigenvalue weighted by molar-refractivity contribution is -0.120. The molecule has 4 nitrogen and oxygen atoms in total. The SMILES string of the molecule is O/C(=C\C1=Nc2ccccc2C2=NCCN12)C(F)(F)F. The van der Waals surface area contributed by atoms with Crippen LogP contribution in [-0.2, 0) is 0 Å². The molecule has 2 aliphatic rings. The van der Waals surface area contributed by atoms with Gasteiger partial charge in [0.2, 0.25) is 5.76 Å². The number of hydrogen-bond acceptors (Lipinski definition) is 4. The van der Waals surface area contributed by atoms with E-state index in [-0.39, 0.29) is 5.84 Å². The molecule has 0 saturated heterocycles. The molecule has 0 atom stereocenters. The number of aliphatic hydroxyl groups is 1. The van der Waals surface area contributed by atoms with Crippen LogP contribution in [0, 0.1) is 0 Å². The first-order valence-electron chi connectivity index (χ1n) is 5.95. The fourth-order valence-corrected chi connectivity index (χ4v) is 2.16. The Labute approximate surface area is 112 Å². The Balaban J connectivity index is 2.09. The first-order chi connectivity index (χ1) is 9.47. The van der Waals surface area contributed by atoms with Gasteiger partial charge in [0.1, 0.15) is 11.7 Å². The Bertz CT molecular complexity index is 647. The molecule has 1 aromatic carbocycles. The van der Waals surface area contributed by atoms with Crippen molar-refractivity contribution in [2.45, 2.75) is 6.18 Å². The molecule has 0 bridgehead atoms. The molecule has 0 saturated carbocycles. The number of allylic oxidation sites excluding steroid dienone is 1. The fourth-order valence-electron chi connectivity index (χ4n) is 2.16. The number of benzene rings is 1. The van der Waals surface area contributed by atoms with Crippen LogP contribution in [0.2, 0.25) is 0 Å². The van der Waals surface area contributed by atoms with Crippen LogP contribution in [-0.4, -0.2) is 40.9 Å². The highest BCUT2D eigenvalue weighted by molar-refractivity contribution is 6.18. The Hall–Kier alpha value is -2.31. The first kappa shape index (κ1) is 12.7. The van der Waals surface area contributed by atoms with E-state index in [4.69, 9.17) is 5.11 Å². The molecule has 104 valence electrons. The van der Waals surface area contributed by atoms with Crippen molar-refractivity contribution in [3.63, 3.8) is 0 Å². The number of amidine groups is 2. The quantitative estimate of drug-likeness (QED) is 0.805. The van der Waals surface area contributed by atoms with Crippen molar-refractivity contribution in [2.24, 2.45) is 9.98 Å². The topological polar surface area (TPSA) is 48.2 Å². The lowest BCUT2D eigenvalue weighted by Gasteiger charge is -2.26. The molecule has 1 N–H and O–H groups in total. The van der Waals surface area contributed by atoms with Gasteiger partial charge in [-0.25, -0.2) is 4.99 Å². The summed E-state index contributed by atoms with van der Waals surface area (Å²) in [7, 11) is 0. The molecule has 0 spiro atoms. The second-order valence-corrected chi connectivity index (χ2v) is 4.37. The summed E-state index contributed by atoms with van der Waals surface area (Å²) in [6.45, 7) is 0.938. The minimum absolute atomic E-state index is 0.0507. The molecule has 0 amide bonds. The number of rotatable bonds is 1. The normalized spacial score (nSPS) is 18.4. The molecular weight excluding hydrogens is 271 g/mol. The van der Waals surface area contributed by atoms with Crippen molar-refractivity contribution in [3.8, 4) is 0 Å². The summed E-state index contributed by atoms with van der Waals surface area (Å²) in [4.78, 5) is 10.0. The van der Waals surface area contributed by atoms with E-state index in [1.807, 2.05) is 12.1 Å². The summed E-state index contributed by atoms with van der Waals surface area (Å²) < 4.78 is 37.3. The van der Waals surface area contributed by atoms with E-state index in [1.54, 1.807) is 17.0 Å². The third-order valence-electron chi connectivity index (χ3n) is 3.05. The summed E-state index contributed by atoms with van der Waals surface area (Å²) >= 11 is 0. The van der Waals surface area contributed by atoms with Crippen molar-refractivity contribution in [1.82, 2.24) is 4.90 Å². The predicted octanol–water partition coefficient (Wildman–Crippen LogP) is 2.80. The van der Waals surface area contributed by atoms with Gasteiger partial charge in [0.25, 0.3) is 0 Å². The zero-order valence-electron chi connectivity index (χ0n) is 10.2. The van der Waals surface area contributed by atoms with Crippen LogP contribution in [0.1, 0.15) is 5.56 Å². The molecule has 0 radical (unpaired) electrons. The number of alkyl halides is 3. The largest absolute Gasteiger partial charge is 0.504 e. The van der Waals surface area contributed by atoms with Gasteiger partial charge in [-0.3, -0.25) is 4.99 Å². The lowest BCUT2D eigenvalue weighted by atomic mass is 10.1. The van der Waals surface area contributed by atoms with Crippen LogP contribution < -0.4 is 0 Å². The summed E-state index contributed by atoms with van der Waals surface area (Å²) in [6, 6.07) is 7.09. The highest BCUT2D eigenvalue weighted by Crippen LogP contribution is 2.30. The lowest BCUT2D eigenvalue weighted by Crippen LogP contribution is -2.36. The number of para-hydroxylation sites is 1. The van der Waals surface area contributed by atoms with E-state index >= 15 is 0 Å². The summed E-state index contributed by atoms with van der Waals surface area (Å²) in [5.74, 6) is -1.02. The van der Waals surface area contributed by atoms with Gasteiger partial charge in [-0.2, -0.15) is 13.2 Å². The second kappa shape index (κ2) is 4.36. The molecular formula is C13H10F3N3O. The van der Waals surface area contributed by atoms with E-state index in [2.05, 4.69) is 9.98 Å². The third-order valence-corrected chi connectivity index (χ3v) is 3.05. The molecule has 0 aromatic heterocycles. The minimum Gasteiger partial charge on any atom is -0.504 e. The van der Waals surface area contributed by atoms with Gasteiger partial charge in [0.05, 0.1) is 12.2 Å². The summed E-state index contributed by atoms with van der Waals surface area (Å²) in [6.07, 6.45) is -4.15. The molecule has 1 aromatic rings. The highest BCUT2D eigenvalue weighted by atomic mass is 19.4. The smallest absolute Gasteiger partial charge is 0.448 e. The number of halogens is 3. The molecule has 7 heteroatoms. The fraction of sp³-hybridized carbons (Fsp3) is 0.231. The maximum absolute atomic E-state index is 12.4. The van der Waals surface area contributed by atoms with Gasteiger partial charge in [-0.05, 0) is 12.1 Å². The Morgan fingerprint density at radius 3 is 2.80 bits per heavy atom. The number of aliphatic hydroxyl groups excluding tert-OH is 1. The summed E-state index contributed by atoms with van der Waals surface area (Å²) in [5.41, 5.74) is 1.33. The maximum Gasteiger partial charge on any atom is 0.448 e. The van der Waals surface area contributed by atoms with Crippen LogP contribution in [0.4, 0.5) is 18.9 Å². The van der Waals surface area contributed by atoms with Gasteiger partial charge in [0.15, 0.2) is 0 Å². The molecule has 0 aliphatic carbocycles. The average Bonchev–Trinajstić information content (AvgIpc) is 2.87. The Kier molecular flexibility index (Phi) is 2.77. The standard InChI is InChI=1S/C13H10F3N3O/c14-13(15,16)10(20)7-11-18-9-4-2-1-3-8(9)12-17-5-6-19(11)12/h1-4,7,20H,5-6H2/b10-7-. The van der Waals surface area contributed by atoms with Crippen molar-refractivity contribution < 1.29 is 18.3 Å². The van der Waals surface area contributed by atoms with Crippen molar-refractivity contribution >= 4 is 17.4 Å². The number of hydrogen-bond donors (Lipinski definition) is 1. The first-order valence-corrected chi connectivity index (χ1v) is 5.95. The molecule has 2 heterocycles. The third kappa shape index (κ3) is 2.04. The summed E-state index contributed by atoms with van der Waals surface area (Å²) in [5, 5.41) is 9.09. The van der Waals surface area contributed by atoms with Gasteiger partial charge < -0.3 is 10.0 Å². The van der Waals surface area contributed by atoms with E-state index in [0.717, 1.165) is 5.56 Å². The minimum atomic E-state index is -4.78. The van der Waals surface area contributed by atoms with E-state index in [9.17, 15) is 13.2 Å². The second-order valence-electron chi connectivity index (χ2n) is 4.37. The van der Waals surface area contributed by atoms with Crippen LogP contribution in [0.15, 0.2) is 46.1 Å². The predicted molar refractivity (Wildman–Crippen MR) is 68.4 cm³/mol. The van der Waals surface area contributed by atoms with Gasteiger partial charge >= 0.3 is 6.18 Å². The van der Waals surface area contributed by atoms with Crippen LogP contribution in [0.3, 0.4) is 0 Å². The van der Waals surface area contributed by atoms with Crippen LogP contribution >= 0.6 is 0 Å². The van der Waals surface area contributed by atoms with E-state index < -0.39 is 11.9 Å². The average molecular weight is 281 g/mol. The molecule has 3 rings (SSSR count). The van der Waals surface area contributed by atoms with E-state index in [0.29, 0.717) is 30.7 Å². The molecule has 20 heavy (non-hydrogen) atoms. The molecule has 2 aliphatic heterocycles.